The van der Waals surface area contributed by atoms with Gasteiger partial charge in [0, 0.05) is 21.8 Å². The topological polar surface area (TPSA) is 136 Å². The first-order valence-electron chi connectivity index (χ1n) is 11.1. The van der Waals surface area contributed by atoms with Crippen molar-refractivity contribution in [2.45, 2.75) is 37.1 Å². The van der Waals surface area contributed by atoms with E-state index < -0.39 is 22.0 Å². The van der Waals surface area contributed by atoms with Crippen molar-refractivity contribution in [1.29, 1.82) is 0 Å². The third kappa shape index (κ3) is 4.36. The van der Waals surface area contributed by atoms with Gasteiger partial charge in [0.1, 0.15) is 17.2 Å². The molecule has 184 valence electrons. The standard InChI is InChI=1S/C26H23N3O6S/c1-26(2,3)25-27-23(28-35-25)16-9-11-18-19-14-17(10-12-20(19)34-21(18)13-16)36(32,33)29-22(24(30)31)15-7-5-4-6-8-15/h4-14,22,29H,1-3H3,(H,30,31)/t22-/m0/s1. The number of carboxylic acids is 1. The van der Waals surface area contributed by atoms with Crippen LogP contribution in [0, 0.1) is 0 Å². The zero-order chi connectivity index (χ0) is 25.7. The van der Waals surface area contributed by atoms with Gasteiger partial charge < -0.3 is 14.0 Å². The summed E-state index contributed by atoms with van der Waals surface area (Å²) >= 11 is 0. The lowest BCUT2D eigenvalue weighted by Crippen LogP contribution is -2.33. The Morgan fingerprint density at radius 3 is 2.39 bits per heavy atom. The van der Waals surface area contributed by atoms with Gasteiger partial charge in [0.15, 0.2) is 0 Å². The van der Waals surface area contributed by atoms with Crippen LogP contribution in [-0.4, -0.2) is 29.6 Å². The Bertz CT molecular complexity index is 1700. The summed E-state index contributed by atoms with van der Waals surface area (Å²) in [6, 6.07) is 16.5. The highest BCUT2D eigenvalue weighted by molar-refractivity contribution is 7.89. The van der Waals surface area contributed by atoms with Crippen molar-refractivity contribution < 1.29 is 27.3 Å². The zero-order valence-corrected chi connectivity index (χ0v) is 20.5. The summed E-state index contributed by atoms with van der Waals surface area (Å²) in [4.78, 5) is 16.2. The molecule has 2 N–H and O–H groups in total. The Labute approximate surface area is 206 Å². The molecule has 0 radical (unpaired) electrons. The first-order chi connectivity index (χ1) is 17.0. The maximum absolute atomic E-state index is 13.1. The van der Waals surface area contributed by atoms with E-state index in [4.69, 9.17) is 8.94 Å². The molecule has 3 aromatic carbocycles. The van der Waals surface area contributed by atoms with E-state index in [1.54, 1.807) is 48.5 Å². The summed E-state index contributed by atoms with van der Waals surface area (Å²) in [7, 11) is -4.16. The van der Waals surface area contributed by atoms with Crippen molar-refractivity contribution in [1.82, 2.24) is 14.9 Å². The summed E-state index contributed by atoms with van der Waals surface area (Å²) in [6.45, 7) is 5.93. The monoisotopic (exact) mass is 505 g/mol. The van der Waals surface area contributed by atoms with Crippen molar-refractivity contribution in [3.8, 4) is 11.4 Å². The first kappa shape index (κ1) is 23.7. The van der Waals surface area contributed by atoms with E-state index in [0.717, 1.165) is 0 Å². The van der Waals surface area contributed by atoms with Crippen molar-refractivity contribution in [2.75, 3.05) is 0 Å². The van der Waals surface area contributed by atoms with Crippen LogP contribution in [0.3, 0.4) is 0 Å². The number of benzene rings is 3. The lowest BCUT2D eigenvalue weighted by molar-refractivity contribution is -0.139. The Kier molecular flexibility index (Phi) is 5.65. The third-order valence-corrected chi connectivity index (χ3v) is 7.15. The molecule has 9 nitrogen and oxygen atoms in total. The van der Waals surface area contributed by atoms with E-state index in [9.17, 15) is 18.3 Å². The van der Waals surface area contributed by atoms with Gasteiger partial charge in [-0.3, -0.25) is 4.79 Å². The Morgan fingerprint density at radius 1 is 0.972 bits per heavy atom. The molecular formula is C26H23N3O6S. The van der Waals surface area contributed by atoms with E-state index in [1.165, 1.54) is 12.1 Å². The molecule has 0 aliphatic heterocycles. The second-order valence-corrected chi connectivity index (χ2v) is 11.2. The van der Waals surface area contributed by atoms with E-state index in [0.29, 0.717) is 44.8 Å². The molecule has 1 atom stereocenters. The van der Waals surface area contributed by atoms with E-state index in [-0.39, 0.29) is 10.3 Å². The molecule has 0 unspecified atom stereocenters. The number of nitrogens with zero attached hydrogens (tertiary/aromatic N) is 2. The number of carboxylic acid groups (broad SMARTS) is 1. The number of fused-ring (bicyclic) bond motifs is 3. The molecule has 36 heavy (non-hydrogen) atoms. The van der Waals surface area contributed by atoms with Crippen LogP contribution >= 0.6 is 0 Å². The number of aliphatic carboxylic acids is 1. The predicted molar refractivity (Wildman–Crippen MR) is 133 cm³/mol. The number of nitrogens with one attached hydrogen (secondary N) is 1. The Hall–Kier alpha value is -4.02. The van der Waals surface area contributed by atoms with Crippen LogP contribution in [0.1, 0.15) is 38.3 Å². The molecular weight excluding hydrogens is 482 g/mol. The summed E-state index contributed by atoms with van der Waals surface area (Å²) in [5.74, 6) is -0.363. The lowest BCUT2D eigenvalue weighted by Gasteiger charge is -2.15. The minimum atomic E-state index is -4.16. The van der Waals surface area contributed by atoms with Crippen LogP contribution < -0.4 is 4.72 Å². The fourth-order valence-corrected chi connectivity index (χ4v) is 5.04. The fourth-order valence-electron chi connectivity index (χ4n) is 3.84. The summed E-state index contributed by atoms with van der Waals surface area (Å²) < 4.78 is 39.8. The number of furan rings is 1. The SMILES string of the molecule is CC(C)(C)c1nc(-c2ccc3c(c2)oc2ccc(S(=O)(=O)N[C@H](C(=O)O)c4ccccc4)cc23)no1. The molecule has 2 heterocycles. The minimum Gasteiger partial charge on any atom is -0.480 e. The van der Waals surface area contributed by atoms with Gasteiger partial charge in [0.25, 0.3) is 0 Å². The van der Waals surface area contributed by atoms with Gasteiger partial charge in [-0.25, -0.2) is 8.42 Å². The van der Waals surface area contributed by atoms with Crippen LogP contribution in [0.15, 0.2) is 80.6 Å². The molecule has 0 aliphatic rings. The number of hydrogen-bond donors (Lipinski definition) is 2. The smallest absolute Gasteiger partial charge is 0.326 e. The molecule has 0 bridgehead atoms. The summed E-state index contributed by atoms with van der Waals surface area (Å²) in [5, 5.41) is 15.0. The van der Waals surface area contributed by atoms with Crippen molar-refractivity contribution >= 4 is 37.9 Å². The quantitative estimate of drug-likeness (QED) is 0.328. The number of rotatable bonds is 6. The number of hydrogen-bond acceptors (Lipinski definition) is 7. The number of sulfonamides is 1. The van der Waals surface area contributed by atoms with E-state index >= 15 is 0 Å². The maximum atomic E-state index is 13.1. The minimum absolute atomic E-state index is 0.0723. The van der Waals surface area contributed by atoms with Crippen molar-refractivity contribution in [3.63, 3.8) is 0 Å². The fraction of sp³-hybridized carbons (Fsp3) is 0.192. The highest BCUT2D eigenvalue weighted by Gasteiger charge is 2.27. The summed E-state index contributed by atoms with van der Waals surface area (Å²) in [5.41, 5.74) is 1.75. The second-order valence-electron chi connectivity index (χ2n) is 9.45. The molecule has 5 aromatic rings. The Balaban J connectivity index is 1.51. The maximum Gasteiger partial charge on any atom is 0.326 e. The van der Waals surface area contributed by atoms with Gasteiger partial charge in [-0.15, -0.1) is 0 Å². The highest BCUT2D eigenvalue weighted by Crippen LogP contribution is 2.34. The van der Waals surface area contributed by atoms with E-state index in [2.05, 4.69) is 14.9 Å². The van der Waals surface area contributed by atoms with Crippen LogP contribution in [-0.2, 0) is 20.2 Å². The molecule has 2 aromatic heterocycles. The average molecular weight is 506 g/mol. The largest absolute Gasteiger partial charge is 0.480 e. The van der Waals surface area contributed by atoms with E-state index in [1.807, 2.05) is 26.8 Å². The molecule has 5 rings (SSSR count). The Morgan fingerprint density at radius 2 is 1.72 bits per heavy atom. The average Bonchev–Trinajstić information content (AvgIpc) is 3.47. The van der Waals surface area contributed by atoms with Crippen LogP contribution in [0.4, 0.5) is 0 Å². The summed E-state index contributed by atoms with van der Waals surface area (Å²) in [6.07, 6.45) is 0. The van der Waals surface area contributed by atoms with Crippen molar-refractivity contribution in [3.05, 3.63) is 78.2 Å². The second kappa shape index (κ2) is 8.58. The molecule has 0 saturated heterocycles. The lowest BCUT2D eigenvalue weighted by atomic mass is 9.97. The molecule has 0 aliphatic carbocycles. The van der Waals surface area contributed by atoms with Crippen LogP contribution in [0.5, 0.6) is 0 Å². The van der Waals surface area contributed by atoms with Gasteiger partial charge in [-0.1, -0.05) is 62.3 Å². The van der Waals surface area contributed by atoms with Gasteiger partial charge in [0.2, 0.25) is 21.7 Å². The number of carbonyl (C=O) groups is 1. The zero-order valence-electron chi connectivity index (χ0n) is 19.7. The third-order valence-electron chi connectivity index (χ3n) is 5.73. The van der Waals surface area contributed by atoms with Crippen LogP contribution in [0.2, 0.25) is 0 Å². The molecule has 0 spiro atoms. The van der Waals surface area contributed by atoms with Crippen molar-refractivity contribution in [2.24, 2.45) is 0 Å². The molecule has 0 amide bonds. The molecule has 0 fully saturated rings. The van der Waals surface area contributed by atoms with Gasteiger partial charge in [-0.2, -0.15) is 9.71 Å². The van der Waals surface area contributed by atoms with Crippen LogP contribution in [0.25, 0.3) is 33.3 Å². The van der Waals surface area contributed by atoms with Gasteiger partial charge >= 0.3 is 5.97 Å². The predicted octanol–water partition coefficient (Wildman–Crippen LogP) is 5.04. The normalized spacial score (nSPS) is 13.3. The molecule has 0 saturated carbocycles. The van der Waals surface area contributed by atoms with Gasteiger partial charge in [-0.05, 0) is 35.9 Å². The van der Waals surface area contributed by atoms with Gasteiger partial charge in [0.05, 0.1) is 4.90 Å². The highest BCUT2D eigenvalue weighted by atomic mass is 32.2. The first-order valence-corrected chi connectivity index (χ1v) is 12.6. The molecule has 10 heteroatoms. The number of aromatic nitrogens is 2.